The second kappa shape index (κ2) is 6.67. The molecule has 0 radical (unpaired) electrons. The van der Waals surface area contributed by atoms with Crippen molar-refractivity contribution in [3.63, 3.8) is 0 Å². The maximum atomic E-state index is 5.35. The summed E-state index contributed by atoms with van der Waals surface area (Å²) in [7, 11) is 0. The molecule has 1 fully saturated rings. The summed E-state index contributed by atoms with van der Waals surface area (Å²) in [6.07, 6.45) is 7.11. The Morgan fingerprint density at radius 3 is 2.88 bits per heavy atom. The number of hydrogen-bond donors (Lipinski definition) is 1. The molecule has 4 nitrogen and oxygen atoms in total. The van der Waals surface area contributed by atoms with Crippen molar-refractivity contribution in [3.05, 3.63) is 23.8 Å². The van der Waals surface area contributed by atoms with Gasteiger partial charge in [-0.05, 0) is 25.3 Å². The molecule has 0 aromatic carbocycles. The summed E-state index contributed by atoms with van der Waals surface area (Å²) in [5, 5.41) is 3.34. The van der Waals surface area contributed by atoms with Crippen LogP contribution in [0.3, 0.4) is 0 Å². The molecule has 1 saturated heterocycles. The van der Waals surface area contributed by atoms with E-state index in [1.54, 1.807) is 0 Å². The van der Waals surface area contributed by atoms with E-state index in [9.17, 15) is 0 Å². The van der Waals surface area contributed by atoms with Crippen LogP contribution in [0.15, 0.2) is 12.4 Å². The van der Waals surface area contributed by atoms with Gasteiger partial charge >= 0.3 is 0 Å². The van der Waals surface area contributed by atoms with Crippen LogP contribution in [0, 0.1) is 5.92 Å². The van der Waals surface area contributed by atoms with Gasteiger partial charge in [-0.1, -0.05) is 6.92 Å². The molecule has 0 bridgehead atoms. The SMILES string of the molecule is CCCNCc1cnc(CC2CCOC2)nc1. The molecule has 4 heteroatoms. The Morgan fingerprint density at radius 1 is 1.41 bits per heavy atom. The molecule has 2 rings (SSSR count). The highest BCUT2D eigenvalue weighted by Gasteiger charge is 2.17. The monoisotopic (exact) mass is 235 g/mol. The Hall–Kier alpha value is -1.00. The van der Waals surface area contributed by atoms with Crippen LogP contribution in [0.5, 0.6) is 0 Å². The van der Waals surface area contributed by atoms with Crippen molar-refractivity contribution in [1.29, 1.82) is 0 Å². The summed E-state index contributed by atoms with van der Waals surface area (Å²) in [4.78, 5) is 8.83. The van der Waals surface area contributed by atoms with E-state index in [2.05, 4.69) is 22.2 Å². The summed E-state index contributed by atoms with van der Waals surface area (Å²) in [5.74, 6) is 1.55. The lowest BCUT2D eigenvalue weighted by Crippen LogP contribution is -2.14. The predicted octanol–water partition coefficient (Wildman–Crippen LogP) is 1.56. The zero-order valence-corrected chi connectivity index (χ0v) is 10.5. The quantitative estimate of drug-likeness (QED) is 0.760. The van der Waals surface area contributed by atoms with Gasteiger partial charge in [0.25, 0.3) is 0 Å². The Balaban J connectivity index is 1.80. The van der Waals surface area contributed by atoms with Crippen LogP contribution in [0.2, 0.25) is 0 Å². The third-order valence-corrected chi connectivity index (χ3v) is 3.01. The zero-order chi connectivity index (χ0) is 11.9. The highest BCUT2D eigenvalue weighted by molar-refractivity contribution is 5.05. The molecule has 2 heterocycles. The first-order valence-corrected chi connectivity index (χ1v) is 6.46. The molecule has 17 heavy (non-hydrogen) atoms. The van der Waals surface area contributed by atoms with Gasteiger partial charge in [0.1, 0.15) is 5.82 Å². The largest absolute Gasteiger partial charge is 0.381 e. The number of nitrogens with one attached hydrogen (secondary N) is 1. The van der Waals surface area contributed by atoms with Gasteiger partial charge in [0.05, 0.1) is 0 Å². The Bertz CT molecular complexity index is 320. The summed E-state index contributed by atoms with van der Waals surface area (Å²) in [5.41, 5.74) is 1.16. The lowest BCUT2D eigenvalue weighted by Gasteiger charge is -2.07. The van der Waals surface area contributed by atoms with Crippen molar-refractivity contribution in [2.45, 2.75) is 32.7 Å². The van der Waals surface area contributed by atoms with Crippen molar-refractivity contribution < 1.29 is 4.74 Å². The fourth-order valence-electron chi connectivity index (χ4n) is 1.99. The van der Waals surface area contributed by atoms with Gasteiger partial charge in [-0.15, -0.1) is 0 Å². The number of rotatable bonds is 6. The fraction of sp³-hybridized carbons (Fsp3) is 0.692. The van der Waals surface area contributed by atoms with Crippen LogP contribution >= 0.6 is 0 Å². The van der Waals surface area contributed by atoms with E-state index in [1.807, 2.05) is 12.4 Å². The highest BCUT2D eigenvalue weighted by Crippen LogP contribution is 2.15. The van der Waals surface area contributed by atoms with E-state index in [0.29, 0.717) is 5.92 Å². The minimum Gasteiger partial charge on any atom is -0.381 e. The second-order valence-corrected chi connectivity index (χ2v) is 4.62. The lowest BCUT2D eigenvalue weighted by atomic mass is 10.1. The van der Waals surface area contributed by atoms with Gasteiger partial charge in [-0.2, -0.15) is 0 Å². The minimum absolute atomic E-state index is 0.610. The molecule has 0 spiro atoms. The second-order valence-electron chi connectivity index (χ2n) is 4.62. The molecular weight excluding hydrogens is 214 g/mol. The van der Waals surface area contributed by atoms with E-state index in [1.165, 1.54) is 0 Å². The van der Waals surface area contributed by atoms with E-state index < -0.39 is 0 Å². The lowest BCUT2D eigenvalue weighted by molar-refractivity contribution is 0.185. The van der Waals surface area contributed by atoms with Gasteiger partial charge < -0.3 is 10.1 Å². The van der Waals surface area contributed by atoms with Crippen LogP contribution < -0.4 is 5.32 Å². The molecule has 1 atom stereocenters. The molecule has 1 aliphatic rings. The molecule has 0 aliphatic carbocycles. The molecule has 1 unspecified atom stereocenters. The molecule has 1 aliphatic heterocycles. The fourth-order valence-corrected chi connectivity index (χ4v) is 1.99. The standard InChI is InChI=1S/C13H21N3O/c1-2-4-14-7-12-8-15-13(16-9-12)6-11-3-5-17-10-11/h8-9,11,14H,2-7,10H2,1H3. The van der Waals surface area contributed by atoms with Gasteiger partial charge in [-0.3, -0.25) is 0 Å². The zero-order valence-electron chi connectivity index (χ0n) is 10.5. The van der Waals surface area contributed by atoms with Crippen molar-refractivity contribution in [2.24, 2.45) is 5.92 Å². The van der Waals surface area contributed by atoms with Crippen LogP contribution in [0.4, 0.5) is 0 Å². The average Bonchev–Trinajstić information content (AvgIpc) is 2.85. The first-order valence-electron chi connectivity index (χ1n) is 6.46. The molecule has 1 N–H and O–H groups in total. The third kappa shape index (κ3) is 4.06. The Labute approximate surface area is 103 Å². The molecule has 94 valence electrons. The van der Waals surface area contributed by atoms with E-state index in [4.69, 9.17) is 4.74 Å². The smallest absolute Gasteiger partial charge is 0.128 e. The number of hydrogen-bond acceptors (Lipinski definition) is 4. The van der Waals surface area contributed by atoms with Crippen molar-refractivity contribution in [1.82, 2.24) is 15.3 Å². The minimum atomic E-state index is 0.610. The van der Waals surface area contributed by atoms with Gasteiger partial charge in [0.2, 0.25) is 0 Å². The Kier molecular flexibility index (Phi) is 4.88. The third-order valence-electron chi connectivity index (χ3n) is 3.01. The van der Waals surface area contributed by atoms with E-state index in [-0.39, 0.29) is 0 Å². The number of ether oxygens (including phenoxy) is 1. The molecular formula is C13H21N3O. The molecule has 1 aromatic rings. The van der Waals surface area contributed by atoms with Crippen LogP contribution in [0.1, 0.15) is 31.2 Å². The summed E-state index contributed by atoms with van der Waals surface area (Å²) in [6, 6.07) is 0. The van der Waals surface area contributed by atoms with Crippen molar-refractivity contribution >= 4 is 0 Å². The van der Waals surface area contributed by atoms with Gasteiger partial charge in [0, 0.05) is 44.1 Å². The maximum Gasteiger partial charge on any atom is 0.128 e. The molecule has 0 saturated carbocycles. The van der Waals surface area contributed by atoms with Gasteiger partial charge in [0.15, 0.2) is 0 Å². The van der Waals surface area contributed by atoms with Crippen LogP contribution in [-0.4, -0.2) is 29.7 Å². The molecule has 1 aromatic heterocycles. The molecule has 0 amide bonds. The topological polar surface area (TPSA) is 47.0 Å². The number of aromatic nitrogens is 2. The van der Waals surface area contributed by atoms with Crippen LogP contribution in [0.25, 0.3) is 0 Å². The summed E-state index contributed by atoms with van der Waals surface area (Å²) >= 11 is 0. The van der Waals surface area contributed by atoms with Crippen LogP contribution in [-0.2, 0) is 17.7 Å². The highest BCUT2D eigenvalue weighted by atomic mass is 16.5. The van der Waals surface area contributed by atoms with Gasteiger partial charge in [-0.25, -0.2) is 9.97 Å². The van der Waals surface area contributed by atoms with E-state index in [0.717, 1.165) is 57.0 Å². The first kappa shape index (κ1) is 12.5. The van der Waals surface area contributed by atoms with Crippen molar-refractivity contribution in [3.8, 4) is 0 Å². The van der Waals surface area contributed by atoms with E-state index >= 15 is 0 Å². The average molecular weight is 235 g/mol. The van der Waals surface area contributed by atoms with Crippen molar-refractivity contribution in [2.75, 3.05) is 19.8 Å². The normalized spacial score (nSPS) is 19.7. The number of nitrogens with zero attached hydrogens (tertiary/aromatic N) is 2. The predicted molar refractivity (Wildman–Crippen MR) is 66.7 cm³/mol. The summed E-state index contributed by atoms with van der Waals surface area (Å²) in [6.45, 7) is 5.82. The first-order chi connectivity index (χ1) is 8.38. The summed E-state index contributed by atoms with van der Waals surface area (Å²) < 4.78 is 5.35. The maximum absolute atomic E-state index is 5.35. The Morgan fingerprint density at radius 2 is 2.24 bits per heavy atom.